The normalized spacial score (nSPS) is 10.8. The molecule has 100 valence electrons. The molecule has 0 unspecified atom stereocenters. The van der Waals surface area contributed by atoms with Crippen molar-refractivity contribution in [3.05, 3.63) is 28.1 Å². The molecule has 1 heterocycles. The zero-order valence-corrected chi connectivity index (χ0v) is 11.5. The lowest BCUT2D eigenvalue weighted by Crippen LogP contribution is -2.06. The number of fused-ring (bicyclic) bond motifs is 1. The third-order valence-electron chi connectivity index (χ3n) is 3.02. The maximum absolute atomic E-state index is 12.2. The topological polar surface area (TPSA) is 77.4 Å². The minimum absolute atomic E-state index is 0.0804. The van der Waals surface area contributed by atoms with Crippen LogP contribution in [0.4, 0.5) is 0 Å². The van der Waals surface area contributed by atoms with Crippen LogP contribution in [-0.4, -0.2) is 16.9 Å². The molecule has 0 fully saturated rings. The molecule has 2 rings (SSSR count). The summed E-state index contributed by atoms with van der Waals surface area (Å²) in [6.45, 7) is 3.27. The quantitative estimate of drug-likeness (QED) is 0.872. The van der Waals surface area contributed by atoms with Crippen molar-refractivity contribution in [2.75, 3.05) is 0 Å². The molecule has 0 aliphatic rings. The van der Waals surface area contributed by atoms with E-state index in [1.54, 1.807) is 0 Å². The number of benzene rings is 1. The maximum Gasteiger partial charge on any atom is 0.337 e. The van der Waals surface area contributed by atoms with Gasteiger partial charge in [-0.1, -0.05) is 19.1 Å². The lowest BCUT2D eigenvalue weighted by molar-refractivity contribution is -0.269. The summed E-state index contributed by atoms with van der Waals surface area (Å²) in [6, 6.07) is 1.42. The molecular formula is C14H13O4S-. The lowest BCUT2D eigenvalue weighted by atomic mass is 9.98. The van der Waals surface area contributed by atoms with Gasteiger partial charge in [0.1, 0.15) is 0 Å². The van der Waals surface area contributed by atoms with Gasteiger partial charge in [-0.15, -0.1) is 11.3 Å². The summed E-state index contributed by atoms with van der Waals surface area (Å²) in [5.74, 6) is -1.63. The molecule has 19 heavy (non-hydrogen) atoms. The Labute approximate surface area is 114 Å². The highest BCUT2D eigenvalue weighted by atomic mass is 32.1. The SMILES string of the molecule is CCCc1c([O-])c(C(C)=O)cc2c(C(=O)O)csc12. The standard InChI is InChI=1S/C14H14O4S/c1-3-4-8-12(16)9(7(2)15)5-10-11(14(17)18)6-19-13(8)10/h5-6,16H,3-4H2,1-2H3,(H,17,18)/p-1. The van der Waals surface area contributed by atoms with Crippen LogP contribution in [-0.2, 0) is 6.42 Å². The van der Waals surface area contributed by atoms with E-state index in [1.807, 2.05) is 6.92 Å². The van der Waals surface area contributed by atoms with E-state index < -0.39 is 5.97 Å². The predicted molar refractivity (Wildman–Crippen MR) is 72.2 cm³/mol. The Morgan fingerprint density at radius 3 is 2.58 bits per heavy atom. The van der Waals surface area contributed by atoms with Crippen molar-refractivity contribution in [1.29, 1.82) is 0 Å². The van der Waals surface area contributed by atoms with Crippen LogP contribution in [0.15, 0.2) is 11.4 Å². The van der Waals surface area contributed by atoms with E-state index >= 15 is 0 Å². The maximum atomic E-state index is 12.2. The average molecular weight is 277 g/mol. The van der Waals surface area contributed by atoms with Crippen molar-refractivity contribution in [3.8, 4) is 5.75 Å². The number of carboxylic acid groups (broad SMARTS) is 1. The Hall–Kier alpha value is -1.88. The summed E-state index contributed by atoms with van der Waals surface area (Å²) in [6.07, 6.45) is 1.32. The number of rotatable bonds is 4. The van der Waals surface area contributed by atoms with E-state index in [0.29, 0.717) is 22.1 Å². The average Bonchev–Trinajstić information content (AvgIpc) is 2.75. The van der Waals surface area contributed by atoms with Gasteiger partial charge < -0.3 is 10.2 Å². The van der Waals surface area contributed by atoms with Crippen molar-refractivity contribution >= 4 is 33.2 Å². The van der Waals surface area contributed by atoms with Gasteiger partial charge >= 0.3 is 5.97 Å². The summed E-state index contributed by atoms with van der Waals surface area (Å²) in [5, 5.41) is 23.4. The van der Waals surface area contributed by atoms with Crippen LogP contribution in [0.3, 0.4) is 0 Å². The van der Waals surface area contributed by atoms with Crippen molar-refractivity contribution in [2.45, 2.75) is 26.7 Å². The molecule has 5 heteroatoms. The number of aryl methyl sites for hydroxylation is 1. The highest BCUT2D eigenvalue weighted by molar-refractivity contribution is 7.17. The van der Waals surface area contributed by atoms with Crippen LogP contribution in [0, 0.1) is 0 Å². The molecule has 0 aliphatic heterocycles. The zero-order valence-electron chi connectivity index (χ0n) is 10.6. The third kappa shape index (κ3) is 2.21. The largest absolute Gasteiger partial charge is 0.872 e. The van der Waals surface area contributed by atoms with Crippen LogP contribution in [0.5, 0.6) is 5.75 Å². The van der Waals surface area contributed by atoms with Crippen molar-refractivity contribution < 1.29 is 19.8 Å². The number of Topliss-reactive ketones (excluding diaryl/α,β-unsaturated/α-hetero) is 1. The Bertz CT molecular complexity index is 670. The number of carbonyl (C=O) groups excluding carboxylic acids is 1. The molecule has 1 N–H and O–H groups in total. The highest BCUT2D eigenvalue weighted by Gasteiger charge is 2.17. The van der Waals surface area contributed by atoms with Crippen LogP contribution in [0.25, 0.3) is 10.1 Å². The number of thiophene rings is 1. The smallest absolute Gasteiger partial charge is 0.337 e. The van der Waals surface area contributed by atoms with Crippen molar-refractivity contribution in [2.24, 2.45) is 0 Å². The van der Waals surface area contributed by atoms with E-state index in [-0.39, 0.29) is 22.7 Å². The second-order valence-electron chi connectivity index (χ2n) is 4.37. The first-order chi connectivity index (χ1) is 8.97. The fourth-order valence-electron chi connectivity index (χ4n) is 2.12. The van der Waals surface area contributed by atoms with Crippen LogP contribution in [0.1, 0.15) is 46.5 Å². The molecule has 0 radical (unpaired) electrons. The summed E-state index contributed by atoms with van der Waals surface area (Å²) in [5.41, 5.74) is 0.791. The number of carboxylic acids is 1. The molecule has 0 saturated carbocycles. The van der Waals surface area contributed by atoms with E-state index in [0.717, 1.165) is 6.42 Å². The number of aromatic carboxylic acids is 1. The summed E-state index contributed by atoms with van der Waals surface area (Å²) < 4.78 is 0.689. The Morgan fingerprint density at radius 2 is 2.05 bits per heavy atom. The van der Waals surface area contributed by atoms with E-state index in [2.05, 4.69) is 0 Å². The molecule has 2 aromatic rings. The number of carbonyl (C=O) groups is 2. The third-order valence-corrected chi connectivity index (χ3v) is 4.08. The summed E-state index contributed by atoms with van der Waals surface area (Å²) in [4.78, 5) is 22.7. The van der Waals surface area contributed by atoms with Crippen molar-refractivity contribution in [1.82, 2.24) is 0 Å². The van der Waals surface area contributed by atoms with Gasteiger partial charge in [-0.2, -0.15) is 0 Å². The number of ketones is 1. The fourth-order valence-corrected chi connectivity index (χ4v) is 3.22. The minimum atomic E-state index is -1.04. The highest BCUT2D eigenvalue weighted by Crippen LogP contribution is 2.36. The molecule has 0 bridgehead atoms. The van der Waals surface area contributed by atoms with Gasteiger partial charge in [-0.25, -0.2) is 4.79 Å². The molecule has 1 aromatic carbocycles. The van der Waals surface area contributed by atoms with Crippen LogP contribution in [0.2, 0.25) is 0 Å². The Balaban J connectivity index is 2.85. The number of hydrogen-bond acceptors (Lipinski definition) is 4. The molecule has 0 aliphatic carbocycles. The number of hydrogen-bond donors (Lipinski definition) is 1. The summed E-state index contributed by atoms with van der Waals surface area (Å²) >= 11 is 1.25. The predicted octanol–water partition coefficient (Wildman–Crippen LogP) is 2.83. The van der Waals surface area contributed by atoms with Crippen LogP contribution < -0.4 is 5.11 Å². The van der Waals surface area contributed by atoms with Crippen LogP contribution >= 0.6 is 11.3 Å². The van der Waals surface area contributed by atoms with Crippen molar-refractivity contribution in [3.63, 3.8) is 0 Å². The molecule has 0 spiro atoms. The molecule has 0 saturated heterocycles. The van der Waals surface area contributed by atoms with Gasteiger partial charge in [0.25, 0.3) is 0 Å². The van der Waals surface area contributed by atoms with Gasteiger partial charge in [0.15, 0.2) is 5.78 Å². The van der Waals surface area contributed by atoms with E-state index in [1.165, 1.54) is 29.7 Å². The van der Waals surface area contributed by atoms with Gasteiger partial charge in [-0.05, 0) is 25.0 Å². The first-order valence-corrected chi connectivity index (χ1v) is 6.83. The van der Waals surface area contributed by atoms with Gasteiger partial charge in [0, 0.05) is 21.0 Å². The second kappa shape index (κ2) is 5.01. The zero-order chi connectivity index (χ0) is 14.2. The van der Waals surface area contributed by atoms with Gasteiger partial charge in [-0.3, -0.25) is 4.79 Å². The molecule has 4 nitrogen and oxygen atoms in total. The van der Waals surface area contributed by atoms with Gasteiger partial charge in [0.2, 0.25) is 0 Å². The Morgan fingerprint density at radius 1 is 1.37 bits per heavy atom. The lowest BCUT2D eigenvalue weighted by Gasteiger charge is -2.18. The fraction of sp³-hybridized carbons (Fsp3) is 0.286. The molecular weight excluding hydrogens is 264 g/mol. The van der Waals surface area contributed by atoms with Gasteiger partial charge in [0.05, 0.1) is 5.56 Å². The monoisotopic (exact) mass is 277 g/mol. The minimum Gasteiger partial charge on any atom is -0.872 e. The molecule has 0 atom stereocenters. The Kier molecular flexibility index (Phi) is 3.57. The van der Waals surface area contributed by atoms with E-state index in [9.17, 15) is 14.7 Å². The molecule has 1 aromatic heterocycles. The second-order valence-corrected chi connectivity index (χ2v) is 5.25. The first-order valence-electron chi connectivity index (χ1n) is 5.95. The molecule has 0 amide bonds. The first kappa shape index (κ1) is 13.5. The van der Waals surface area contributed by atoms with E-state index in [4.69, 9.17) is 5.11 Å². The summed E-state index contributed by atoms with van der Waals surface area (Å²) in [7, 11) is 0.